The average Bonchev–Trinajstić information content (AvgIpc) is 3.51. The maximum Gasteiger partial charge on any atom is 0.251 e. The summed E-state index contributed by atoms with van der Waals surface area (Å²) in [6.07, 6.45) is 1.59. The SMILES string of the molecule is Cn1cnnc1SCC1CC(c2ccc(CO)cc2)OC(c2ccc(-c3ccccc3CNC(=O)c3ccccc3)cc2)O1. The van der Waals surface area contributed by atoms with Crippen molar-refractivity contribution in [2.45, 2.75) is 43.2 Å². The fourth-order valence-electron chi connectivity index (χ4n) is 5.24. The summed E-state index contributed by atoms with van der Waals surface area (Å²) >= 11 is 1.61. The minimum atomic E-state index is -0.550. The van der Waals surface area contributed by atoms with Crippen LogP contribution in [0.1, 0.15) is 51.4 Å². The molecule has 8 nitrogen and oxygen atoms in total. The van der Waals surface area contributed by atoms with E-state index in [1.807, 2.05) is 96.5 Å². The van der Waals surface area contributed by atoms with Gasteiger partial charge in [-0.25, -0.2) is 0 Å². The number of aliphatic hydroxyl groups is 1. The van der Waals surface area contributed by atoms with Gasteiger partial charge in [-0.3, -0.25) is 4.79 Å². The molecule has 44 heavy (non-hydrogen) atoms. The Morgan fingerprint density at radius 1 is 0.932 bits per heavy atom. The quantitative estimate of drug-likeness (QED) is 0.182. The first-order valence-corrected chi connectivity index (χ1v) is 15.5. The van der Waals surface area contributed by atoms with E-state index in [1.54, 1.807) is 18.1 Å². The summed E-state index contributed by atoms with van der Waals surface area (Å²) in [7, 11) is 1.93. The zero-order valence-electron chi connectivity index (χ0n) is 24.4. The average molecular weight is 607 g/mol. The second-order valence-corrected chi connectivity index (χ2v) is 11.7. The molecule has 1 aliphatic heterocycles. The highest BCUT2D eigenvalue weighted by molar-refractivity contribution is 7.99. The molecule has 3 atom stereocenters. The predicted molar refractivity (Wildman–Crippen MR) is 170 cm³/mol. The van der Waals surface area contributed by atoms with Crippen LogP contribution in [0.2, 0.25) is 0 Å². The van der Waals surface area contributed by atoms with E-state index in [1.165, 1.54) is 0 Å². The van der Waals surface area contributed by atoms with Gasteiger partial charge < -0.3 is 24.5 Å². The normalized spacial score (nSPS) is 18.2. The molecule has 3 unspecified atom stereocenters. The molecule has 0 bridgehead atoms. The van der Waals surface area contributed by atoms with E-state index in [9.17, 15) is 9.90 Å². The smallest absolute Gasteiger partial charge is 0.251 e. The van der Waals surface area contributed by atoms with Crippen LogP contribution in [0.3, 0.4) is 0 Å². The molecule has 0 aliphatic carbocycles. The number of benzene rings is 4. The number of aliphatic hydroxyl groups excluding tert-OH is 1. The van der Waals surface area contributed by atoms with Gasteiger partial charge in [0, 0.05) is 36.9 Å². The van der Waals surface area contributed by atoms with Crippen LogP contribution in [0.15, 0.2) is 115 Å². The summed E-state index contributed by atoms with van der Waals surface area (Å²) in [5.74, 6) is 0.604. The summed E-state index contributed by atoms with van der Waals surface area (Å²) < 4.78 is 14.9. The van der Waals surface area contributed by atoms with Crippen LogP contribution < -0.4 is 5.32 Å². The highest BCUT2D eigenvalue weighted by Gasteiger charge is 2.32. The molecule has 1 fully saturated rings. The fourth-order valence-corrected chi connectivity index (χ4v) is 6.14. The van der Waals surface area contributed by atoms with Gasteiger partial charge in [0.1, 0.15) is 6.33 Å². The summed E-state index contributed by atoms with van der Waals surface area (Å²) in [4.78, 5) is 12.6. The standard InChI is InChI=1S/C35H34N4O4S/c1-39-23-37-38-35(39)44-22-30-19-32(26-13-11-24(21-40)12-14-26)43-34(42-30)28-17-15-25(16-18-28)31-10-6-5-9-29(31)20-36-33(41)27-7-3-2-4-8-27/h2-18,23,30,32,34,40H,19-22H2,1H3,(H,36,41). The molecule has 6 rings (SSSR count). The van der Waals surface area contributed by atoms with Crippen molar-refractivity contribution in [3.63, 3.8) is 0 Å². The van der Waals surface area contributed by atoms with Crippen LogP contribution in [-0.4, -0.2) is 37.6 Å². The summed E-state index contributed by atoms with van der Waals surface area (Å²) in [6.45, 7) is 0.422. The van der Waals surface area contributed by atoms with Crippen molar-refractivity contribution in [2.75, 3.05) is 5.75 Å². The lowest BCUT2D eigenvalue weighted by Crippen LogP contribution is -2.31. The molecule has 5 aromatic rings. The Labute approximate surface area is 261 Å². The number of aryl methyl sites for hydroxylation is 1. The van der Waals surface area contributed by atoms with E-state index in [0.717, 1.165) is 38.5 Å². The Balaban J connectivity index is 1.19. The molecule has 9 heteroatoms. The first-order valence-electron chi connectivity index (χ1n) is 14.6. The molecular formula is C35H34N4O4S. The van der Waals surface area contributed by atoms with Crippen LogP contribution in [0.25, 0.3) is 11.1 Å². The molecule has 2 N–H and O–H groups in total. The van der Waals surface area contributed by atoms with E-state index in [2.05, 4.69) is 33.7 Å². The molecule has 1 aliphatic rings. The Morgan fingerprint density at radius 2 is 1.66 bits per heavy atom. The van der Waals surface area contributed by atoms with Gasteiger partial charge in [-0.1, -0.05) is 103 Å². The number of amides is 1. The Bertz CT molecular complexity index is 1680. The van der Waals surface area contributed by atoms with Crippen molar-refractivity contribution < 1.29 is 19.4 Å². The molecule has 1 saturated heterocycles. The third-order valence-corrected chi connectivity index (χ3v) is 8.84. The van der Waals surface area contributed by atoms with Crippen molar-refractivity contribution in [1.29, 1.82) is 0 Å². The molecule has 4 aromatic carbocycles. The second-order valence-electron chi connectivity index (χ2n) is 10.7. The molecule has 0 saturated carbocycles. The number of hydrogen-bond acceptors (Lipinski definition) is 7. The van der Waals surface area contributed by atoms with Gasteiger partial charge in [0.15, 0.2) is 11.4 Å². The number of hydrogen-bond donors (Lipinski definition) is 2. The van der Waals surface area contributed by atoms with Gasteiger partial charge in [-0.15, -0.1) is 10.2 Å². The van der Waals surface area contributed by atoms with E-state index in [4.69, 9.17) is 9.47 Å². The lowest BCUT2D eigenvalue weighted by Gasteiger charge is -2.36. The molecule has 0 radical (unpaired) electrons. The molecular weight excluding hydrogens is 572 g/mol. The zero-order chi connectivity index (χ0) is 30.3. The molecule has 1 amide bonds. The molecule has 2 heterocycles. The van der Waals surface area contributed by atoms with Crippen molar-refractivity contribution >= 4 is 17.7 Å². The highest BCUT2D eigenvalue weighted by Crippen LogP contribution is 2.40. The minimum absolute atomic E-state index is 0.00335. The van der Waals surface area contributed by atoms with Gasteiger partial charge in [0.25, 0.3) is 5.91 Å². The third kappa shape index (κ3) is 7.09. The number of carbonyl (C=O) groups is 1. The van der Waals surface area contributed by atoms with Gasteiger partial charge in [0.2, 0.25) is 0 Å². The van der Waals surface area contributed by atoms with Crippen LogP contribution in [0, 0.1) is 0 Å². The Kier molecular flexibility index (Phi) is 9.48. The van der Waals surface area contributed by atoms with Crippen LogP contribution >= 0.6 is 11.8 Å². The molecule has 0 spiro atoms. The van der Waals surface area contributed by atoms with Gasteiger partial charge >= 0.3 is 0 Å². The number of nitrogens with one attached hydrogen (secondary N) is 1. The van der Waals surface area contributed by atoms with Crippen LogP contribution in [0.5, 0.6) is 0 Å². The molecule has 224 valence electrons. The Hall–Kier alpha value is -4.28. The number of ether oxygens (including phenoxy) is 2. The molecule has 1 aromatic heterocycles. The van der Waals surface area contributed by atoms with E-state index in [0.29, 0.717) is 24.3 Å². The largest absolute Gasteiger partial charge is 0.392 e. The van der Waals surface area contributed by atoms with E-state index >= 15 is 0 Å². The Morgan fingerprint density at radius 3 is 2.39 bits per heavy atom. The third-order valence-electron chi connectivity index (χ3n) is 7.67. The summed E-state index contributed by atoms with van der Waals surface area (Å²) in [6, 6.07) is 33.5. The number of aromatic nitrogens is 3. The lowest BCUT2D eigenvalue weighted by molar-refractivity contribution is -0.245. The van der Waals surface area contributed by atoms with Crippen molar-refractivity contribution in [3.8, 4) is 11.1 Å². The predicted octanol–water partition coefficient (Wildman–Crippen LogP) is 6.24. The van der Waals surface area contributed by atoms with Crippen LogP contribution in [-0.2, 0) is 29.7 Å². The second kappa shape index (κ2) is 14.0. The highest BCUT2D eigenvalue weighted by atomic mass is 32.2. The maximum absolute atomic E-state index is 12.6. The van der Waals surface area contributed by atoms with Crippen LogP contribution in [0.4, 0.5) is 0 Å². The van der Waals surface area contributed by atoms with E-state index in [-0.39, 0.29) is 24.7 Å². The number of carbonyl (C=O) groups excluding carboxylic acids is 1. The van der Waals surface area contributed by atoms with Crippen molar-refractivity contribution in [2.24, 2.45) is 7.05 Å². The first-order chi connectivity index (χ1) is 21.6. The first kappa shape index (κ1) is 29.8. The van der Waals surface area contributed by atoms with E-state index < -0.39 is 6.29 Å². The van der Waals surface area contributed by atoms with Gasteiger partial charge in [-0.05, 0) is 39.9 Å². The number of thioether (sulfide) groups is 1. The maximum atomic E-state index is 12.6. The lowest BCUT2D eigenvalue weighted by atomic mass is 9.97. The van der Waals surface area contributed by atoms with Crippen molar-refractivity contribution in [1.82, 2.24) is 20.1 Å². The number of nitrogens with zero attached hydrogens (tertiary/aromatic N) is 3. The number of rotatable bonds is 10. The van der Waals surface area contributed by atoms with Crippen molar-refractivity contribution in [3.05, 3.63) is 137 Å². The van der Waals surface area contributed by atoms with Gasteiger partial charge in [0.05, 0.1) is 18.8 Å². The van der Waals surface area contributed by atoms with Gasteiger partial charge in [-0.2, -0.15) is 0 Å². The monoisotopic (exact) mass is 606 g/mol. The summed E-state index contributed by atoms with van der Waals surface area (Å²) in [5, 5.41) is 21.6. The fraction of sp³-hybridized carbons (Fsp3) is 0.229. The summed E-state index contributed by atoms with van der Waals surface area (Å²) in [5.41, 5.74) is 6.60. The minimum Gasteiger partial charge on any atom is -0.392 e. The zero-order valence-corrected chi connectivity index (χ0v) is 25.2. The topological polar surface area (TPSA) is 98.5 Å².